The Kier molecular flexibility index (Phi) is 4.92. The van der Waals surface area contributed by atoms with Crippen LogP contribution in [0.2, 0.25) is 0 Å². The van der Waals surface area contributed by atoms with E-state index in [2.05, 4.69) is 32.5 Å². The van der Waals surface area contributed by atoms with E-state index in [1.165, 1.54) is 0 Å². The molecule has 0 aliphatic heterocycles. The summed E-state index contributed by atoms with van der Waals surface area (Å²) in [6.45, 7) is 8.68. The lowest BCUT2D eigenvalue weighted by atomic mass is 10.3. The molecule has 2 aromatic rings. The van der Waals surface area contributed by atoms with Gasteiger partial charge in [0.15, 0.2) is 0 Å². The van der Waals surface area contributed by atoms with Crippen LogP contribution in [0.1, 0.15) is 24.7 Å². The van der Waals surface area contributed by atoms with Crippen molar-refractivity contribution in [3.05, 3.63) is 30.1 Å². The van der Waals surface area contributed by atoms with E-state index >= 15 is 0 Å². The van der Waals surface area contributed by atoms with Gasteiger partial charge in [0.05, 0.1) is 6.33 Å². The Morgan fingerprint density at radius 2 is 1.80 bits per heavy atom. The summed E-state index contributed by atoms with van der Waals surface area (Å²) in [6.07, 6.45) is 6.63. The predicted octanol–water partition coefficient (Wildman–Crippen LogP) is 2.22. The Labute approximate surface area is 119 Å². The molecule has 2 heterocycles. The Hall–Kier alpha value is -2.11. The van der Waals surface area contributed by atoms with E-state index in [-0.39, 0.29) is 0 Å². The lowest BCUT2D eigenvalue weighted by Gasteiger charge is -2.14. The minimum absolute atomic E-state index is 0.777. The molecular weight excluding hydrogens is 252 g/mol. The zero-order valence-electron chi connectivity index (χ0n) is 12.3. The van der Waals surface area contributed by atoms with Crippen LogP contribution < -0.4 is 10.6 Å². The van der Waals surface area contributed by atoms with Crippen LogP contribution >= 0.6 is 0 Å². The second-order valence-electron chi connectivity index (χ2n) is 4.75. The number of anilines is 2. The number of nitrogens with one attached hydrogen (secondary N) is 2. The van der Waals surface area contributed by atoms with Crippen LogP contribution in [0.15, 0.2) is 18.7 Å². The summed E-state index contributed by atoms with van der Waals surface area (Å²) < 4.78 is 2.03. The molecule has 0 amide bonds. The van der Waals surface area contributed by atoms with Crippen molar-refractivity contribution in [1.82, 2.24) is 19.5 Å². The molecule has 0 aromatic carbocycles. The van der Waals surface area contributed by atoms with Gasteiger partial charge in [0.2, 0.25) is 0 Å². The number of imidazole rings is 1. The monoisotopic (exact) mass is 274 g/mol. The topological polar surface area (TPSA) is 67.7 Å². The molecule has 6 nitrogen and oxygen atoms in total. The summed E-state index contributed by atoms with van der Waals surface area (Å²) in [5, 5.41) is 6.71. The molecule has 0 bridgehead atoms. The third-order valence-corrected chi connectivity index (χ3v) is 3.02. The van der Waals surface area contributed by atoms with Gasteiger partial charge in [-0.3, -0.25) is 0 Å². The number of rotatable bonds is 7. The highest BCUT2D eigenvalue weighted by Gasteiger charge is 2.08. The number of aryl methyl sites for hydroxylation is 1. The molecule has 0 aliphatic rings. The average Bonchev–Trinajstić information content (AvgIpc) is 2.94. The summed E-state index contributed by atoms with van der Waals surface area (Å²) >= 11 is 0. The number of nitrogens with zero attached hydrogens (tertiary/aromatic N) is 4. The standard InChI is InChI=1S/C14H22N6/c1-4-5-16-13-11(2)14(19-12(3)18-13)17-7-9-20-8-6-15-10-20/h6,8,10H,4-5,7,9H2,1-3H3,(H2,16,17,18,19). The van der Waals surface area contributed by atoms with E-state index < -0.39 is 0 Å². The van der Waals surface area contributed by atoms with Crippen molar-refractivity contribution in [1.29, 1.82) is 0 Å². The fourth-order valence-electron chi connectivity index (χ4n) is 1.94. The van der Waals surface area contributed by atoms with Gasteiger partial charge in [-0.15, -0.1) is 0 Å². The minimum atomic E-state index is 0.777. The van der Waals surface area contributed by atoms with Crippen molar-refractivity contribution < 1.29 is 0 Å². The summed E-state index contributed by atoms with van der Waals surface area (Å²) in [4.78, 5) is 13.0. The number of hydrogen-bond acceptors (Lipinski definition) is 5. The second kappa shape index (κ2) is 6.88. The number of aromatic nitrogens is 4. The predicted molar refractivity (Wildman–Crippen MR) is 81.0 cm³/mol. The van der Waals surface area contributed by atoms with Gasteiger partial charge in [0.25, 0.3) is 0 Å². The van der Waals surface area contributed by atoms with Crippen molar-refractivity contribution in [3.8, 4) is 0 Å². The Morgan fingerprint density at radius 3 is 2.40 bits per heavy atom. The fourth-order valence-corrected chi connectivity index (χ4v) is 1.94. The van der Waals surface area contributed by atoms with Gasteiger partial charge in [-0.25, -0.2) is 15.0 Å². The van der Waals surface area contributed by atoms with Crippen molar-refractivity contribution in [2.45, 2.75) is 33.7 Å². The van der Waals surface area contributed by atoms with Crippen molar-refractivity contribution >= 4 is 11.6 Å². The third-order valence-electron chi connectivity index (χ3n) is 3.02. The van der Waals surface area contributed by atoms with E-state index in [9.17, 15) is 0 Å². The molecule has 0 spiro atoms. The van der Waals surface area contributed by atoms with E-state index in [0.717, 1.165) is 49.1 Å². The average molecular weight is 274 g/mol. The highest BCUT2D eigenvalue weighted by atomic mass is 15.1. The lowest BCUT2D eigenvalue weighted by Crippen LogP contribution is -2.14. The van der Waals surface area contributed by atoms with Crippen LogP contribution in [0.3, 0.4) is 0 Å². The van der Waals surface area contributed by atoms with Crippen LogP contribution in [0.25, 0.3) is 0 Å². The van der Waals surface area contributed by atoms with Gasteiger partial charge in [0, 0.05) is 37.6 Å². The smallest absolute Gasteiger partial charge is 0.134 e. The Bertz CT molecular complexity index is 535. The highest BCUT2D eigenvalue weighted by molar-refractivity contribution is 5.57. The largest absolute Gasteiger partial charge is 0.370 e. The molecule has 2 rings (SSSR count). The molecule has 6 heteroatoms. The molecule has 0 unspecified atom stereocenters. The highest BCUT2D eigenvalue weighted by Crippen LogP contribution is 2.19. The van der Waals surface area contributed by atoms with Gasteiger partial charge in [0.1, 0.15) is 17.5 Å². The zero-order chi connectivity index (χ0) is 14.4. The van der Waals surface area contributed by atoms with Crippen LogP contribution in [-0.4, -0.2) is 32.6 Å². The summed E-state index contributed by atoms with van der Waals surface area (Å²) in [5.74, 6) is 2.60. The van der Waals surface area contributed by atoms with Crippen molar-refractivity contribution in [2.24, 2.45) is 0 Å². The molecule has 0 atom stereocenters. The molecule has 0 saturated carbocycles. The van der Waals surface area contributed by atoms with E-state index in [1.54, 1.807) is 6.20 Å². The molecule has 2 N–H and O–H groups in total. The molecule has 0 fully saturated rings. The summed E-state index contributed by atoms with van der Waals surface area (Å²) in [6, 6.07) is 0. The van der Waals surface area contributed by atoms with Gasteiger partial charge >= 0.3 is 0 Å². The molecule has 108 valence electrons. The Morgan fingerprint density at radius 1 is 1.10 bits per heavy atom. The van der Waals surface area contributed by atoms with E-state index in [4.69, 9.17) is 0 Å². The van der Waals surface area contributed by atoms with Crippen molar-refractivity contribution in [2.75, 3.05) is 23.7 Å². The van der Waals surface area contributed by atoms with Gasteiger partial charge in [-0.1, -0.05) is 6.92 Å². The first-order valence-electron chi connectivity index (χ1n) is 6.99. The first-order valence-corrected chi connectivity index (χ1v) is 6.99. The zero-order valence-corrected chi connectivity index (χ0v) is 12.3. The van der Waals surface area contributed by atoms with E-state index in [0.29, 0.717) is 0 Å². The molecule has 20 heavy (non-hydrogen) atoms. The van der Waals surface area contributed by atoms with Crippen LogP contribution in [0, 0.1) is 13.8 Å². The third kappa shape index (κ3) is 3.69. The van der Waals surface area contributed by atoms with Gasteiger partial charge < -0.3 is 15.2 Å². The first kappa shape index (κ1) is 14.3. The maximum absolute atomic E-state index is 4.47. The van der Waals surface area contributed by atoms with E-state index in [1.807, 2.05) is 30.9 Å². The maximum Gasteiger partial charge on any atom is 0.134 e. The van der Waals surface area contributed by atoms with Crippen LogP contribution in [0.5, 0.6) is 0 Å². The minimum Gasteiger partial charge on any atom is -0.370 e. The van der Waals surface area contributed by atoms with Crippen molar-refractivity contribution in [3.63, 3.8) is 0 Å². The SMILES string of the molecule is CCCNc1nc(C)nc(NCCn2ccnc2)c1C. The molecule has 0 aliphatic carbocycles. The molecule has 0 radical (unpaired) electrons. The lowest BCUT2D eigenvalue weighted by molar-refractivity contribution is 0.724. The molecule has 2 aromatic heterocycles. The van der Waals surface area contributed by atoms with Crippen LogP contribution in [-0.2, 0) is 6.54 Å². The van der Waals surface area contributed by atoms with Crippen LogP contribution in [0.4, 0.5) is 11.6 Å². The first-order chi connectivity index (χ1) is 9.70. The summed E-state index contributed by atoms with van der Waals surface area (Å²) in [5.41, 5.74) is 1.06. The van der Waals surface area contributed by atoms with Gasteiger partial charge in [-0.05, 0) is 20.3 Å². The maximum atomic E-state index is 4.47. The second-order valence-corrected chi connectivity index (χ2v) is 4.75. The number of hydrogen-bond donors (Lipinski definition) is 2. The quantitative estimate of drug-likeness (QED) is 0.810. The normalized spacial score (nSPS) is 10.6. The molecular formula is C14H22N6. The fraction of sp³-hybridized carbons (Fsp3) is 0.500. The van der Waals surface area contributed by atoms with Gasteiger partial charge in [-0.2, -0.15) is 0 Å². The summed E-state index contributed by atoms with van der Waals surface area (Å²) in [7, 11) is 0. The molecule has 0 saturated heterocycles. The Balaban J connectivity index is 2.01.